The van der Waals surface area contributed by atoms with Gasteiger partial charge in [-0.2, -0.15) is 0 Å². The molecule has 1 aromatic rings. The second-order valence-electron chi connectivity index (χ2n) is 6.32. The zero-order valence-corrected chi connectivity index (χ0v) is 13.7. The van der Waals surface area contributed by atoms with E-state index in [2.05, 4.69) is 23.9 Å². The van der Waals surface area contributed by atoms with Crippen LogP contribution in [-0.4, -0.2) is 41.8 Å². The molecule has 0 radical (unpaired) electrons. The van der Waals surface area contributed by atoms with E-state index < -0.39 is 0 Å². The van der Waals surface area contributed by atoms with E-state index in [1.54, 1.807) is 7.11 Å². The summed E-state index contributed by atoms with van der Waals surface area (Å²) in [6.07, 6.45) is 6.51. The van der Waals surface area contributed by atoms with Gasteiger partial charge in [-0.05, 0) is 52.5 Å². The van der Waals surface area contributed by atoms with Gasteiger partial charge in [0.15, 0.2) is 0 Å². The van der Waals surface area contributed by atoms with Crippen molar-refractivity contribution in [2.24, 2.45) is 5.92 Å². The summed E-state index contributed by atoms with van der Waals surface area (Å²) in [6, 6.07) is 0.598. The monoisotopic (exact) mass is 292 g/mol. The average Bonchev–Trinajstić information content (AvgIpc) is 2.50. The number of hydrogen-bond donors (Lipinski definition) is 1. The van der Waals surface area contributed by atoms with Gasteiger partial charge in [0.25, 0.3) is 0 Å². The molecule has 1 aliphatic carbocycles. The largest absolute Gasteiger partial charge is 0.496 e. The Morgan fingerprint density at radius 3 is 2.52 bits per heavy atom. The van der Waals surface area contributed by atoms with Crippen molar-refractivity contribution in [2.75, 3.05) is 20.8 Å². The number of methoxy groups -OCH3 is 1. The van der Waals surface area contributed by atoms with Crippen molar-refractivity contribution in [2.45, 2.75) is 52.1 Å². The lowest BCUT2D eigenvalue weighted by Gasteiger charge is -2.34. The van der Waals surface area contributed by atoms with Gasteiger partial charge in [0.05, 0.1) is 12.8 Å². The Labute approximate surface area is 128 Å². The molecule has 2 rings (SSSR count). The Morgan fingerprint density at radius 2 is 1.95 bits per heavy atom. The van der Waals surface area contributed by atoms with E-state index in [1.165, 1.54) is 12.8 Å². The summed E-state index contributed by atoms with van der Waals surface area (Å²) in [4.78, 5) is 6.99. The summed E-state index contributed by atoms with van der Waals surface area (Å²) in [5, 5.41) is 9.23. The van der Waals surface area contributed by atoms with Crippen molar-refractivity contribution < 1.29 is 9.84 Å². The predicted octanol–water partition coefficient (Wildman–Crippen LogP) is 2.69. The highest BCUT2D eigenvalue weighted by atomic mass is 16.5. The number of hydrogen-bond acceptors (Lipinski definition) is 4. The van der Waals surface area contributed by atoms with Crippen LogP contribution in [0.1, 0.15) is 42.5 Å². The zero-order valence-electron chi connectivity index (χ0n) is 13.7. The van der Waals surface area contributed by atoms with Gasteiger partial charge in [-0.25, -0.2) is 0 Å². The molecule has 21 heavy (non-hydrogen) atoms. The van der Waals surface area contributed by atoms with Crippen molar-refractivity contribution >= 4 is 0 Å². The van der Waals surface area contributed by atoms with Crippen molar-refractivity contribution in [3.8, 4) is 5.75 Å². The lowest BCUT2D eigenvalue weighted by molar-refractivity contribution is 0.123. The van der Waals surface area contributed by atoms with Crippen molar-refractivity contribution in [3.63, 3.8) is 0 Å². The molecule has 0 saturated heterocycles. The minimum absolute atomic E-state index is 0.340. The fraction of sp³-hybridized carbons (Fsp3) is 0.706. The number of aryl methyl sites for hydroxylation is 1. The number of rotatable bonds is 5. The lowest BCUT2D eigenvalue weighted by Crippen LogP contribution is -2.35. The third-order valence-corrected chi connectivity index (χ3v) is 4.85. The molecule has 0 aromatic carbocycles. The molecule has 0 unspecified atom stereocenters. The summed E-state index contributed by atoms with van der Waals surface area (Å²) in [7, 11) is 3.90. The highest BCUT2D eigenvalue weighted by molar-refractivity contribution is 5.41. The van der Waals surface area contributed by atoms with Crippen LogP contribution in [0, 0.1) is 19.8 Å². The number of pyridine rings is 1. The Kier molecular flexibility index (Phi) is 5.59. The number of aliphatic hydroxyl groups is 1. The maximum Gasteiger partial charge on any atom is 0.128 e. The van der Waals surface area contributed by atoms with E-state index in [0.717, 1.165) is 42.0 Å². The molecule has 0 aliphatic heterocycles. The smallest absolute Gasteiger partial charge is 0.128 e. The topological polar surface area (TPSA) is 45.6 Å². The summed E-state index contributed by atoms with van der Waals surface area (Å²) < 4.78 is 5.49. The Balaban J connectivity index is 2.02. The second kappa shape index (κ2) is 7.23. The first-order valence-electron chi connectivity index (χ1n) is 7.87. The third-order valence-electron chi connectivity index (χ3n) is 4.85. The summed E-state index contributed by atoms with van der Waals surface area (Å²) in [5.74, 6) is 1.46. The van der Waals surface area contributed by atoms with E-state index >= 15 is 0 Å². The molecule has 1 aliphatic rings. The van der Waals surface area contributed by atoms with E-state index in [1.807, 2.05) is 13.1 Å². The van der Waals surface area contributed by atoms with E-state index in [9.17, 15) is 5.11 Å². The average molecular weight is 292 g/mol. The van der Waals surface area contributed by atoms with Crippen LogP contribution in [0.5, 0.6) is 5.75 Å². The zero-order chi connectivity index (χ0) is 15.4. The molecule has 1 fully saturated rings. The van der Waals surface area contributed by atoms with Gasteiger partial charge < -0.3 is 9.84 Å². The highest BCUT2D eigenvalue weighted by Gasteiger charge is 2.24. The molecule has 1 aromatic heterocycles. The summed E-state index contributed by atoms with van der Waals surface area (Å²) in [5.41, 5.74) is 3.34. The Hall–Kier alpha value is -1.13. The molecule has 4 heteroatoms. The van der Waals surface area contributed by atoms with Gasteiger partial charge >= 0.3 is 0 Å². The standard InChI is InChI=1S/C17H28N2O2/c1-12-9-18-16(13(2)17(12)21-4)10-19(3)15-7-5-14(11-20)6-8-15/h9,14-15,20H,5-8,10-11H2,1-4H3. The third kappa shape index (κ3) is 3.74. The molecular formula is C17H28N2O2. The van der Waals surface area contributed by atoms with Crippen LogP contribution >= 0.6 is 0 Å². The molecule has 0 amide bonds. The van der Waals surface area contributed by atoms with Gasteiger partial charge in [-0.3, -0.25) is 9.88 Å². The number of aliphatic hydroxyl groups excluding tert-OH is 1. The number of aromatic nitrogens is 1. The van der Waals surface area contributed by atoms with E-state index in [0.29, 0.717) is 18.6 Å². The van der Waals surface area contributed by atoms with Crippen LogP contribution < -0.4 is 4.74 Å². The molecular weight excluding hydrogens is 264 g/mol. The van der Waals surface area contributed by atoms with Gasteiger partial charge in [-0.15, -0.1) is 0 Å². The molecule has 0 bridgehead atoms. The number of nitrogens with zero attached hydrogens (tertiary/aromatic N) is 2. The molecule has 4 nitrogen and oxygen atoms in total. The molecule has 0 atom stereocenters. The normalized spacial score (nSPS) is 22.6. The van der Waals surface area contributed by atoms with E-state index in [-0.39, 0.29) is 0 Å². The Bertz CT molecular complexity index is 468. The van der Waals surface area contributed by atoms with Crippen molar-refractivity contribution in [1.29, 1.82) is 0 Å². The van der Waals surface area contributed by atoms with Crippen LogP contribution in [0.3, 0.4) is 0 Å². The maximum absolute atomic E-state index is 9.23. The molecule has 0 spiro atoms. The molecule has 1 N–H and O–H groups in total. The fourth-order valence-electron chi connectivity index (χ4n) is 3.36. The van der Waals surface area contributed by atoms with Crippen molar-refractivity contribution in [3.05, 3.63) is 23.0 Å². The van der Waals surface area contributed by atoms with Crippen LogP contribution in [0.25, 0.3) is 0 Å². The predicted molar refractivity (Wildman–Crippen MR) is 84.6 cm³/mol. The summed E-state index contributed by atoms with van der Waals surface area (Å²) in [6.45, 7) is 5.32. The van der Waals surface area contributed by atoms with Crippen LogP contribution in [0.15, 0.2) is 6.20 Å². The first-order chi connectivity index (χ1) is 10.1. The van der Waals surface area contributed by atoms with Gasteiger partial charge in [0, 0.05) is 36.5 Å². The first-order valence-corrected chi connectivity index (χ1v) is 7.87. The minimum Gasteiger partial charge on any atom is -0.496 e. The number of ether oxygens (including phenoxy) is 1. The van der Waals surface area contributed by atoms with Gasteiger partial charge in [0.2, 0.25) is 0 Å². The van der Waals surface area contributed by atoms with E-state index in [4.69, 9.17) is 4.74 Å². The maximum atomic E-state index is 9.23. The lowest BCUT2D eigenvalue weighted by atomic mass is 9.86. The minimum atomic E-state index is 0.340. The molecule has 1 saturated carbocycles. The highest BCUT2D eigenvalue weighted by Crippen LogP contribution is 2.29. The first kappa shape index (κ1) is 16.2. The summed E-state index contributed by atoms with van der Waals surface area (Å²) >= 11 is 0. The second-order valence-corrected chi connectivity index (χ2v) is 6.32. The van der Waals surface area contributed by atoms with Gasteiger partial charge in [-0.1, -0.05) is 0 Å². The van der Waals surface area contributed by atoms with Crippen LogP contribution in [0.4, 0.5) is 0 Å². The van der Waals surface area contributed by atoms with Crippen LogP contribution in [0.2, 0.25) is 0 Å². The fourth-order valence-corrected chi connectivity index (χ4v) is 3.36. The SMILES string of the molecule is COc1c(C)cnc(CN(C)C2CCC(CO)CC2)c1C. The van der Waals surface area contributed by atoms with Gasteiger partial charge in [0.1, 0.15) is 5.75 Å². The molecule has 118 valence electrons. The van der Waals surface area contributed by atoms with Crippen molar-refractivity contribution in [1.82, 2.24) is 9.88 Å². The molecule has 1 heterocycles. The van der Waals surface area contributed by atoms with Crippen LogP contribution in [-0.2, 0) is 6.54 Å². The quantitative estimate of drug-likeness (QED) is 0.906. The Morgan fingerprint density at radius 1 is 1.29 bits per heavy atom.